The van der Waals surface area contributed by atoms with Crippen LogP contribution in [-0.4, -0.2) is 48.0 Å². The van der Waals surface area contributed by atoms with E-state index in [2.05, 4.69) is 6.58 Å². The molecule has 0 atom stereocenters. The molecule has 4 bridgehead atoms. The van der Waals surface area contributed by atoms with Gasteiger partial charge in [0.15, 0.2) is 0 Å². The highest BCUT2D eigenvalue weighted by Crippen LogP contribution is 2.57. The van der Waals surface area contributed by atoms with E-state index < -0.39 is 11.6 Å². The minimum absolute atomic E-state index is 0.0982. The quantitative estimate of drug-likeness (QED) is 0.367. The van der Waals surface area contributed by atoms with Crippen LogP contribution in [0.25, 0.3) is 0 Å². The summed E-state index contributed by atoms with van der Waals surface area (Å²) in [4.78, 5) is 26.7. The Morgan fingerprint density at radius 3 is 2.15 bits per heavy atom. The van der Waals surface area contributed by atoms with Crippen molar-refractivity contribution in [3.8, 4) is 0 Å². The molecule has 150 valence electrons. The van der Waals surface area contributed by atoms with Crippen LogP contribution >= 0.6 is 0 Å². The Hall–Kier alpha value is -1.56. The fourth-order valence-corrected chi connectivity index (χ4v) is 5.94. The zero-order valence-corrected chi connectivity index (χ0v) is 16.3. The van der Waals surface area contributed by atoms with Gasteiger partial charge in [0, 0.05) is 0 Å². The smallest absolute Gasteiger partial charge is 0.412 e. The van der Waals surface area contributed by atoms with Crippen molar-refractivity contribution in [2.45, 2.75) is 69.4 Å². The van der Waals surface area contributed by atoms with E-state index in [1.165, 1.54) is 30.2 Å². The third kappa shape index (κ3) is 3.48. The number of hydrogen-bond acceptors (Lipinski definition) is 5. The lowest BCUT2D eigenvalue weighted by atomic mass is 9.54. The molecule has 27 heavy (non-hydrogen) atoms. The highest BCUT2D eigenvalue weighted by molar-refractivity contribution is 5.88. The van der Waals surface area contributed by atoms with Crippen molar-refractivity contribution in [2.75, 3.05) is 19.9 Å². The third-order valence-corrected chi connectivity index (χ3v) is 6.92. The van der Waals surface area contributed by atoms with Crippen molar-refractivity contribution in [1.82, 2.24) is 4.90 Å². The van der Waals surface area contributed by atoms with Crippen LogP contribution in [0.5, 0.6) is 0 Å². The predicted octanol–water partition coefficient (Wildman–Crippen LogP) is 3.65. The molecule has 5 aliphatic rings. The monoisotopic (exact) mass is 377 g/mol. The summed E-state index contributed by atoms with van der Waals surface area (Å²) in [5, 5.41) is 0. The van der Waals surface area contributed by atoms with Crippen molar-refractivity contribution in [3.63, 3.8) is 0 Å². The lowest BCUT2D eigenvalue weighted by molar-refractivity contribution is -0.189. The summed E-state index contributed by atoms with van der Waals surface area (Å²) in [6.07, 6.45) is 9.45. The normalized spacial score (nSPS) is 34.8. The number of rotatable bonds is 8. The van der Waals surface area contributed by atoms with Crippen molar-refractivity contribution >= 4 is 12.1 Å². The molecule has 5 rings (SSSR count). The Morgan fingerprint density at radius 2 is 1.67 bits per heavy atom. The van der Waals surface area contributed by atoms with Crippen molar-refractivity contribution in [1.29, 1.82) is 0 Å². The summed E-state index contributed by atoms with van der Waals surface area (Å²) in [7, 11) is 0. The van der Waals surface area contributed by atoms with Crippen LogP contribution in [0.15, 0.2) is 12.7 Å². The second-order valence-electron chi connectivity index (χ2n) is 8.92. The molecule has 0 aromatic rings. The van der Waals surface area contributed by atoms with Crippen molar-refractivity contribution in [3.05, 3.63) is 12.7 Å². The average molecular weight is 377 g/mol. The lowest BCUT2D eigenvalue weighted by Crippen LogP contribution is -2.55. The van der Waals surface area contributed by atoms with Gasteiger partial charge < -0.3 is 14.2 Å². The van der Waals surface area contributed by atoms with Crippen LogP contribution in [0.3, 0.4) is 0 Å². The van der Waals surface area contributed by atoms with Gasteiger partial charge in [-0.15, -0.1) is 0 Å². The van der Waals surface area contributed by atoms with Gasteiger partial charge in [0.1, 0.15) is 18.9 Å². The first-order valence-corrected chi connectivity index (χ1v) is 10.4. The minimum Gasteiger partial charge on any atom is -0.464 e. The molecule has 0 unspecified atom stereocenters. The molecule has 5 aliphatic carbocycles. The molecule has 6 heteroatoms. The van der Waals surface area contributed by atoms with Gasteiger partial charge in [0.2, 0.25) is 0 Å². The summed E-state index contributed by atoms with van der Waals surface area (Å²) < 4.78 is 16.9. The zero-order valence-electron chi connectivity index (χ0n) is 16.3. The number of nitrogens with zero attached hydrogens (tertiary/aromatic N) is 1. The van der Waals surface area contributed by atoms with Gasteiger partial charge in [-0.25, -0.2) is 9.59 Å². The van der Waals surface area contributed by atoms with Crippen LogP contribution in [0.2, 0.25) is 0 Å². The number of carbonyl (C=O) groups excluding carboxylic acids is 2. The summed E-state index contributed by atoms with van der Waals surface area (Å²) in [6, 6.07) is 0. The molecular formula is C21H31NO5. The summed E-state index contributed by atoms with van der Waals surface area (Å²) in [6.45, 7) is 5.88. The largest absolute Gasteiger partial charge is 0.464 e. The Morgan fingerprint density at radius 1 is 1.07 bits per heavy atom. The molecule has 0 aliphatic heterocycles. The van der Waals surface area contributed by atoms with E-state index in [1.54, 1.807) is 6.92 Å². The van der Waals surface area contributed by atoms with E-state index in [9.17, 15) is 9.59 Å². The van der Waals surface area contributed by atoms with Crippen LogP contribution < -0.4 is 0 Å². The first-order chi connectivity index (χ1) is 13.0. The molecule has 0 N–H and O–H groups in total. The maximum Gasteiger partial charge on any atom is 0.412 e. The Labute approximate surface area is 161 Å². The highest BCUT2D eigenvalue weighted by Gasteiger charge is 2.60. The molecule has 5 fully saturated rings. The molecule has 5 saturated carbocycles. The summed E-state index contributed by atoms with van der Waals surface area (Å²) >= 11 is 0. The average Bonchev–Trinajstić information content (AvgIpc) is 3.41. The molecule has 0 aromatic heterocycles. The van der Waals surface area contributed by atoms with E-state index in [-0.39, 0.29) is 24.9 Å². The standard InChI is InChI=1S/C21H31NO5/c1-3-7-26-19(24)22(21(5-6-21)18(23)25-4-2)14-27-20-11-15-8-16(12-20)10-17(9-15)13-20/h3,15-17H,1,4-14H2,2H3. The molecule has 0 aromatic carbocycles. The maximum atomic E-state index is 12.7. The van der Waals surface area contributed by atoms with Crippen LogP contribution in [0, 0.1) is 17.8 Å². The van der Waals surface area contributed by atoms with Crippen LogP contribution in [-0.2, 0) is 19.0 Å². The molecule has 1 amide bonds. The van der Waals surface area contributed by atoms with E-state index in [0.717, 1.165) is 37.0 Å². The molecule has 0 saturated heterocycles. The van der Waals surface area contributed by atoms with Gasteiger partial charge in [-0.1, -0.05) is 12.7 Å². The lowest BCUT2D eigenvalue weighted by Gasteiger charge is -2.56. The Bertz CT molecular complexity index is 576. The van der Waals surface area contributed by atoms with E-state index in [4.69, 9.17) is 14.2 Å². The highest BCUT2D eigenvalue weighted by atomic mass is 16.6. The number of carbonyl (C=O) groups is 2. The zero-order chi connectivity index (χ0) is 19.1. The molecule has 6 nitrogen and oxygen atoms in total. The van der Waals surface area contributed by atoms with E-state index in [1.807, 2.05) is 0 Å². The Kier molecular flexibility index (Phi) is 4.95. The molecular weight excluding hydrogens is 346 g/mol. The number of esters is 1. The first-order valence-electron chi connectivity index (χ1n) is 10.4. The molecule has 0 spiro atoms. The fraction of sp³-hybridized carbons (Fsp3) is 0.810. The second kappa shape index (κ2) is 7.12. The number of amides is 1. The van der Waals surface area contributed by atoms with Gasteiger partial charge in [-0.3, -0.25) is 4.90 Å². The maximum absolute atomic E-state index is 12.7. The second-order valence-corrected chi connectivity index (χ2v) is 8.92. The number of hydrogen-bond donors (Lipinski definition) is 0. The molecule has 0 radical (unpaired) electrons. The van der Waals surface area contributed by atoms with Crippen molar-refractivity contribution < 1.29 is 23.8 Å². The summed E-state index contributed by atoms with van der Waals surface area (Å²) in [5.74, 6) is 1.93. The SMILES string of the molecule is C=CCOC(=O)N(COC12CC3CC(CC(C3)C1)C2)C1(C(=O)OCC)CC1. The Balaban J connectivity index is 1.47. The van der Waals surface area contributed by atoms with E-state index >= 15 is 0 Å². The van der Waals surface area contributed by atoms with Gasteiger partial charge in [0.25, 0.3) is 0 Å². The summed E-state index contributed by atoms with van der Waals surface area (Å²) in [5.41, 5.74) is -1.05. The third-order valence-electron chi connectivity index (χ3n) is 6.92. The molecule has 0 heterocycles. The van der Waals surface area contributed by atoms with Crippen LogP contribution in [0.4, 0.5) is 4.79 Å². The van der Waals surface area contributed by atoms with Gasteiger partial charge in [-0.05, 0) is 76.0 Å². The fourth-order valence-electron chi connectivity index (χ4n) is 5.94. The van der Waals surface area contributed by atoms with Gasteiger partial charge >= 0.3 is 12.1 Å². The topological polar surface area (TPSA) is 65.1 Å². The minimum atomic E-state index is -0.920. The predicted molar refractivity (Wildman–Crippen MR) is 98.8 cm³/mol. The van der Waals surface area contributed by atoms with Crippen LogP contribution in [0.1, 0.15) is 58.3 Å². The van der Waals surface area contributed by atoms with Gasteiger partial charge in [0.05, 0.1) is 12.2 Å². The first kappa shape index (κ1) is 18.8. The van der Waals surface area contributed by atoms with E-state index in [0.29, 0.717) is 19.4 Å². The van der Waals surface area contributed by atoms with Gasteiger partial charge in [-0.2, -0.15) is 0 Å². The number of ether oxygens (including phenoxy) is 3. The van der Waals surface area contributed by atoms with Crippen molar-refractivity contribution in [2.24, 2.45) is 17.8 Å².